The topological polar surface area (TPSA) is 15.3 Å². The van der Waals surface area contributed by atoms with E-state index in [2.05, 4.69) is 33.1 Å². The fourth-order valence-electron chi connectivity index (χ4n) is 2.80. The van der Waals surface area contributed by atoms with Crippen molar-refractivity contribution in [2.75, 3.05) is 26.2 Å². The smallest absolute Gasteiger partial charge is 0.314 e. The summed E-state index contributed by atoms with van der Waals surface area (Å²) >= 11 is 3.22. The lowest BCUT2D eigenvalue weighted by molar-refractivity contribution is -0.137. The number of halogens is 5. The zero-order valence-electron chi connectivity index (χ0n) is 12.4. The second-order valence-electron chi connectivity index (χ2n) is 5.36. The predicted octanol–water partition coefficient (Wildman–Crippen LogP) is 4.64. The molecule has 0 spiro atoms. The van der Waals surface area contributed by atoms with Gasteiger partial charge in [0.05, 0.1) is 5.56 Å². The molecule has 22 heavy (non-hydrogen) atoms. The first-order valence-corrected chi connectivity index (χ1v) is 8.03. The standard InChI is InChI=1S/C15H20BrF3N2.ClH/c1-2-3-14(21-6-4-20-5-7-21)11-8-12(15(17,18)19)10-13(16)9-11;/h8-10,14,20H,2-7H2,1H3;1H/t14-;/m0./s1. The van der Waals surface area contributed by atoms with E-state index in [9.17, 15) is 13.2 Å². The highest BCUT2D eigenvalue weighted by atomic mass is 79.9. The third kappa shape index (κ3) is 5.11. The molecule has 1 saturated heterocycles. The van der Waals surface area contributed by atoms with Crippen LogP contribution in [0.5, 0.6) is 0 Å². The highest BCUT2D eigenvalue weighted by Crippen LogP contribution is 2.35. The van der Waals surface area contributed by atoms with Gasteiger partial charge in [-0.25, -0.2) is 0 Å². The van der Waals surface area contributed by atoms with E-state index in [0.717, 1.165) is 50.7 Å². The summed E-state index contributed by atoms with van der Waals surface area (Å²) in [4.78, 5) is 2.28. The zero-order chi connectivity index (χ0) is 15.5. The van der Waals surface area contributed by atoms with Crippen molar-refractivity contribution >= 4 is 28.3 Å². The monoisotopic (exact) mass is 400 g/mol. The van der Waals surface area contributed by atoms with Crippen LogP contribution >= 0.6 is 28.3 Å². The number of hydrogen-bond acceptors (Lipinski definition) is 2. The summed E-state index contributed by atoms with van der Waals surface area (Å²) < 4.78 is 39.5. The quantitative estimate of drug-likeness (QED) is 0.791. The van der Waals surface area contributed by atoms with Crippen LogP contribution in [-0.2, 0) is 6.18 Å². The third-order valence-corrected chi connectivity index (χ3v) is 4.24. The van der Waals surface area contributed by atoms with Crippen molar-refractivity contribution in [3.05, 3.63) is 33.8 Å². The molecule has 0 aromatic heterocycles. The fraction of sp³-hybridized carbons (Fsp3) is 0.600. The normalized spacial score (nSPS) is 17.9. The van der Waals surface area contributed by atoms with Gasteiger partial charge >= 0.3 is 6.18 Å². The molecule has 1 aliphatic heterocycles. The molecule has 0 aliphatic carbocycles. The average molecular weight is 402 g/mol. The maximum atomic E-state index is 13.0. The SMILES string of the molecule is CCC[C@@H](c1cc(Br)cc(C(F)(F)F)c1)N1CCNCC1.Cl. The number of nitrogens with zero attached hydrogens (tertiary/aromatic N) is 1. The van der Waals surface area contributed by atoms with Crippen molar-refractivity contribution in [1.82, 2.24) is 10.2 Å². The molecule has 7 heteroatoms. The maximum Gasteiger partial charge on any atom is 0.416 e. The molecule has 0 unspecified atom stereocenters. The number of alkyl halides is 3. The molecule has 1 aromatic carbocycles. The fourth-order valence-corrected chi connectivity index (χ4v) is 3.31. The first-order valence-electron chi connectivity index (χ1n) is 7.24. The molecule has 0 bridgehead atoms. The van der Waals surface area contributed by atoms with Crippen LogP contribution in [0.1, 0.15) is 36.9 Å². The van der Waals surface area contributed by atoms with Gasteiger partial charge in [-0.05, 0) is 30.2 Å². The van der Waals surface area contributed by atoms with Crippen molar-refractivity contribution in [2.45, 2.75) is 32.0 Å². The van der Waals surface area contributed by atoms with E-state index in [1.54, 1.807) is 0 Å². The van der Waals surface area contributed by atoms with E-state index in [1.165, 1.54) is 6.07 Å². The molecule has 0 amide bonds. The highest BCUT2D eigenvalue weighted by Gasteiger charge is 2.32. The molecular weight excluding hydrogens is 381 g/mol. The summed E-state index contributed by atoms with van der Waals surface area (Å²) in [7, 11) is 0. The Kier molecular flexibility index (Phi) is 7.65. The molecule has 0 saturated carbocycles. The molecular formula is C15H21BrClF3N2. The Hall–Kier alpha value is -0.300. The second-order valence-corrected chi connectivity index (χ2v) is 6.28. The van der Waals surface area contributed by atoms with Crippen molar-refractivity contribution in [3.63, 3.8) is 0 Å². The molecule has 1 N–H and O–H groups in total. The summed E-state index contributed by atoms with van der Waals surface area (Å²) in [5, 5.41) is 3.28. The van der Waals surface area contributed by atoms with Gasteiger partial charge < -0.3 is 5.32 Å². The van der Waals surface area contributed by atoms with Crippen LogP contribution in [-0.4, -0.2) is 31.1 Å². The van der Waals surface area contributed by atoms with Crippen LogP contribution in [0.15, 0.2) is 22.7 Å². The molecule has 126 valence electrons. The van der Waals surface area contributed by atoms with Crippen molar-refractivity contribution in [1.29, 1.82) is 0 Å². The third-order valence-electron chi connectivity index (χ3n) is 3.79. The maximum absolute atomic E-state index is 13.0. The molecule has 1 heterocycles. The van der Waals surface area contributed by atoms with Gasteiger partial charge in [-0.15, -0.1) is 12.4 Å². The number of benzene rings is 1. The number of piperazine rings is 1. The molecule has 1 aliphatic rings. The van der Waals surface area contributed by atoms with E-state index in [-0.39, 0.29) is 18.4 Å². The number of rotatable bonds is 4. The van der Waals surface area contributed by atoms with Crippen LogP contribution in [0.4, 0.5) is 13.2 Å². The first kappa shape index (κ1) is 19.7. The Morgan fingerprint density at radius 2 is 1.86 bits per heavy atom. The minimum absolute atomic E-state index is 0. The van der Waals surface area contributed by atoms with Gasteiger partial charge in [0.25, 0.3) is 0 Å². The lowest BCUT2D eigenvalue weighted by Crippen LogP contribution is -2.45. The Morgan fingerprint density at radius 3 is 2.41 bits per heavy atom. The molecule has 1 atom stereocenters. The van der Waals surface area contributed by atoms with Crippen LogP contribution in [0, 0.1) is 0 Å². The minimum Gasteiger partial charge on any atom is -0.314 e. The zero-order valence-corrected chi connectivity index (χ0v) is 14.8. The molecule has 2 rings (SSSR count). The molecule has 1 aromatic rings. The summed E-state index contributed by atoms with van der Waals surface area (Å²) in [5.74, 6) is 0. The largest absolute Gasteiger partial charge is 0.416 e. The van der Waals surface area contributed by atoms with Gasteiger partial charge in [-0.1, -0.05) is 29.3 Å². The van der Waals surface area contributed by atoms with Crippen molar-refractivity contribution < 1.29 is 13.2 Å². The van der Waals surface area contributed by atoms with E-state index >= 15 is 0 Å². The summed E-state index contributed by atoms with van der Waals surface area (Å²) in [6, 6.07) is 4.31. The average Bonchev–Trinajstić information content (AvgIpc) is 2.44. The lowest BCUT2D eigenvalue weighted by atomic mass is 9.98. The van der Waals surface area contributed by atoms with Crippen molar-refractivity contribution in [2.24, 2.45) is 0 Å². The van der Waals surface area contributed by atoms with E-state index < -0.39 is 11.7 Å². The Balaban J connectivity index is 0.00000242. The van der Waals surface area contributed by atoms with Gasteiger partial charge in [-0.2, -0.15) is 13.2 Å². The van der Waals surface area contributed by atoms with Gasteiger partial charge in [0, 0.05) is 36.7 Å². The summed E-state index contributed by atoms with van der Waals surface area (Å²) in [6.45, 7) is 5.59. The summed E-state index contributed by atoms with van der Waals surface area (Å²) in [5.41, 5.74) is 0.170. The number of nitrogens with one attached hydrogen (secondary N) is 1. The Bertz CT molecular complexity index is 476. The van der Waals surface area contributed by atoms with Crippen molar-refractivity contribution in [3.8, 4) is 0 Å². The van der Waals surface area contributed by atoms with Crippen LogP contribution in [0.25, 0.3) is 0 Å². The Morgan fingerprint density at radius 1 is 1.23 bits per heavy atom. The Labute approximate surface area is 144 Å². The first-order chi connectivity index (χ1) is 9.91. The van der Waals surface area contributed by atoms with Gasteiger partial charge in [0.2, 0.25) is 0 Å². The molecule has 1 fully saturated rings. The van der Waals surface area contributed by atoms with Gasteiger partial charge in [0.1, 0.15) is 0 Å². The number of hydrogen-bond donors (Lipinski definition) is 1. The molecule has 2 nitrogen and oxygen atoms in total. The summed E-state index contributed by atoms with van der Waals surface area (Å²) in [6.07, 6.45) is -2.49. The predicted molar refractivity (Wildman–Crippen MR) is 88.5 cm³/mol. The lowest BCUT2D eigenvalue weighted by Gasteiger charge is -2.35. The van der Waals surface area contributed by atoms with Crippen LogP contribution in [0.2, 0.25) is 0 Å². The highest BCUT2D eigenvalue weighted by molar-refractivity contribution is 9.10. The van der Waals surface area contributed by atoms with Crippen LogP contribution < -0.4 is 5.32 Å². The van der Waals surface area contributed by atoms with E-state index in [4.69, 9.17) is 0 Å². The van der Waals surface area contributed by atoms with E-state index in [0.29, 0.717) is 4.47 Å². The van der Waals surface area contributed by atoms with E-state index in [1.807, 2.05) is 6.07 Å². The molecule has 0 radical (unpaired) electrons. The van der Waals surface area contributed by atoms with Crippen LogP contribution in [0.3, 0.4) is 0 Å². The minimum atomic E-state index is -4.31. The van der Waals surface area contributed by atoms with Gasteiger partial charge in [0.15, 0.2) is 0 Å². The van der Waals surface area contributed by atoms with Gasteiger partial charge in [-0.3, -0.25) is 4.90 Å². The second kappa shape index (κ2) is 8.52.